The molecule has 0 aromatic heterocycles. The fourth-order valence-electron chi connectivity index (χ4n) is 1.08. The van der Waals surface area contributed by atoms with Gasteiger partial charge < -0.3 is 9.31 Å². The van der Waals surface area contributed by atoms with Gasteiger partial charge in [-0.15, -0.1) is 0 Å². The molecule has 4 heteroatoms. The van der Waals surface area contributed by atoms with Crippen LogP contribution in [0, 0.1) is 0 Å². The molecule has 0 amide bonds. The first kappa shape index (κ1) is 10.0. The molecule has 2 nitrogen and oxygen atoms in total. The maximum Gasteiger partial charge on any atom is 0.460 e. The highest BCUT2D eigenvalue weighted by molar-refractivity contribution is 6.81. The second-order valence-corrected chi connectivity index (χ2v) is 9.24. The summed E-state index contributed by atoms with van der Waals surface area (Å²) in [5.74, 6) is 0. The zero-order chi connectivity index (χ0) is 9.03. The summed E-state index contributed by atoms with van der Waals surface area (Å²) in [6.07, 6.45) is 3.10. The van der Waals surface area contributed by atoms with Crippen LogP contribution in [-0.4, -0.2) is 28.4 Å². The van der Waals surface area contributed by atoms with Gasteiger partial charge in [-0.25, -0.2) is 0 Å². The van der Waals surface area contributed by atoms with Crippen LogP contribution in [0.15, 0.2) is 11.8 Å². The number of hydrogen-bond acceptors (Lipinski definition) is 2. The molecule has 0 N–H and O–H groups in total. The minimum atomic E-state index is -1.02. The van der Waals surface area contributed by atoms with E-state index in [4.69, 9.17) is 9.31 Å². The normalized spacial score (nSPS) is 19.4. The molecule has 1 aliphatic rings. The molecule has 0 aromatic rings. The standard InChI is InChI=1S/C8H17BO2Si/c1-12(2,3)8-4-5-9-10-6-7-11-9/h4,8H,5-7H2,1-3H3. The predicted molar refractivity (Wildman–Crippen MR) is 55.0 cm³/mol. The summed E-state index contributed by atoms with van der Waals surface area (Å²) in [6.45, 7) is 8.47. The van der Waals surface area contributed by atoms with E-state index in [1.807, 2.05) is 0 Å². The fourth-order valence-corrected chi connectivity index (χ4v) is 1.92. The second kappa shape index (κ2) is 4.26. The third-order valence-corrected chi connectivity index (χ3v) is 2.87. The maximum atomic E-state index is 5.31. The average Bonchev–Trinajstić information content (AvgIpc) is 2.36. The van der Waals surface area contributed by atoms with Crippen LogP contribution in [0.3, 0.4) is 0 Å². The van der Waals surface area contributed by atoms with Gasteiger partial charge >= 0.3 is 7.12 Å². The van der Waals surface area contributed by atoms with Gasteiger partial charge in [0.1, 0.15) is 0 Å². The van der Waals surface area contributed by atoms with Crippen LogP contribution in [-0.2, 0) is 9.31 Å². The fraction of sp³-hybridized carbons (Fsp3) is 0.750. The van der Waals surface area contributed by atoms with E-state index >= 15 is 0 Å². The van der Waals surface area contributed by atoms with E-state index in [0.29, 0.717) is 0 Å². The van der Waals surface area contributed by atoms with Gasteiger partial charge in [-0.2, -0.15) is 0 Å². The Labute approximate surface area is 76.1 Å². The first-order valence-corrected chi connectivity index (χ1v) is 8.06. The molecule has 1 saturated heterocycles. The van der Waals surface area contributed by atoms with E-state index in [1.54, 1.807) is 0 Å². The van der Waals surface area contributed by atoms with Crippen molar-refractivity contribution in [1.82, 2.24) is 0 Å². The molecular formula is C8H17BO2Si. The molecule has 0 aromatic carbocycles. The third-order valence-electron chi connectivity index (χ3n) is 1.64. The summed E-state index contributed by atoms with van der Waals surface area (Å²) in [5.41, 5.74) is 2.33. The lowest BCUT2D eigenvalue weighted by Crippen LogP contribution is -2.17. The molecule has 1 heterocycles. The summed E-state index contributed by atoms with van der Waals surface area (Å²) >= 11 is 0. The predicted octanol–water partition coefficient (Wildman–Crippen LogP) is 1.95. The Bertz CT molecular complexity index is 159. The van der Waals surface area contributed by atoms with E-state index in [9.17, 15) is 0 Å². The van der Waals surface area contributed by atoms with Crippen molar-refractivity contribution in [2.24, 2.45) is 0 Å². The van der Waals surface area contributed by atoms with Gasteiger partial charge in [0, 0.05) is 0 Å². The molecule has 68 valence electrons. The number of allylic oxidation sites excluding steroid dienone is 1. The van der Waals surface area contributed by atoms with Crippen LogP contribution in [0.1, 0.15) is 0 Å². The van der Waals surface area contributed by atoms with Crippen molar-refractivity contribution >= 4 is 15.2 Å². The van der Waals surface area contributed by atoms with E-state index < -0.39 is 8.07 Å². The summed E-state index contributed by atoms with van der Waals surface area (Å²) < 4.78 is 10.6. The zero-order valence-corrected chi connectivity index (χ0v) is 9.17. The Morgan fingerprint density at radius 2 is 1.83 bits per heavy atom. The molecule has 1 fully saturated rings. The molecule has 0 unspecified atom stereocenters. The molecular weight excluding hydrogens is 167 g/mol. The first-order chi connectivity index (χ1) is 5.58. The number of hydrogen-bond donors (Lipinski definition) is 0. The van der Waals surface area contributed by atoms with Gasteiger partial charge in [0.2, 0.25) is 0 Å². The first-order valence-electron chi connectivity index (χ1n) is 4.49. The van der Waals surface area contributed by atoms with Crippen LogP contribution >= 0.6 is 0 Å². The van der Waals surface area contributed by atoms with Gasteiger partial charge in [-0.05, 0) is 6.32 Å². The van der Waals surface area contributed by atoms with Crippen molar-refractivity contribution in [3.05, 3.63) is 11.8 Å². The largest absolute Gasteiger partial charge is 0.460 e. The van der Waals surface area contributed by atoms with Crippen LogP contribution < -0.4 is 0 Å². The molecule has 0 aliphatic carbocycles. The van der Waals surface area contributed by atoms with Crippen LogP contribution in [0.2, 0.25) is 26.0 Å². The van der Waals surface area contributed by atoms with E-state index in [2.05, 4.69) is 31.4 Å². The highest BCUT2D eigenvalue weighted by Gasteiger charge is 2.21. The lowest BCUT2D eigenvalue weighted by Gasteiger charge is -2.08. The lowest BCUT2D eigenvalue weighted by atomic mass is 9.86. The summed E-state index contributed by atoms with van der Waals surface area (Å²) in [4.78, 5) is 0. The van der Waals surface area contributed by atoms with Crippen molar-refractivity contribution in [1.29, 1.82) is 0 Å². The van der Waals surface area contributed by atoms with E-state index in [1.165, 1.54) is 0 Å². The smallest absolute Gasteiger partial charge is 0.409 e. The quantitative estimate of drug-likeness (QED) is 0.624. The lowest BCUT2D eigenvalue weighted by molar-refractivity contribution is 0.365. The molecule has 0 radical (unpaired) electrons. The minimum Gasteiger partial charge on any atom is -0.409 e. The Morgan fingerprint density at radius 3 is 2.33 bits per heavy atom. The summed E-state index contributed by atoms with van der Waals surface area (Å²) in [5, 5.41) is 0. The van der Waals surface area contributed by atoms with Gasteiger partial charge in [0.15, 0.2) is 0 Å². The highest BCUT2D eigenvalue weighted by Crippen LogP contribution is 2.08. The van der Waals surface area contributed by atoms with Crippen molar-refractivity contribution < 1.29 is 9.31 Å². The molecule has 0 saturated carbocycles. The monoisotopic (exact) mass is 184 g/mol. The topological polar surface area (TPSA) is 18.5 Å². The van der Waals surface area contributed by atoms with Crippen LogP contribution in [0.25, 0.3) is 0 Å². The second-order valence-electron chi connectivity index (χ2n) is 4.18. The van der Waals surface area contributed by atoms with Crippen molar-refractivity contribution in [2.45, 2.75) is 26.0 Å². The Balaban J connectivity index is 2.20. The van der Waals surface area contributed by atoms with E-state index in [-0.39, 0.29) is 7.12 Å². The minimum absolute atomic E-state index is 0.0256. The molecule has 1 aliphatic heterocycles. The molecule has 0 bridgehead atoms. The van der Waals surface area contributed by atoms with Crippen LogP contribution in [0.4, 0.5) is 0 Å². The van der Waals surface area contributed by atoms with Crippen LogP contribution in [0.5, 0.6) is 0 Å². The van der Waals surface area contributed by atoms with Crippen molar-refractivity contribution in [3.8, 4) is 0 Å². The number of rotatable bonds is 3. The molecule has 12 heavy (non-hydrogen) atoms. The summed E-state index contributed by atoms with van der Waals surface area (Å²) in [6, 6.07) is 0. The Morgan fingerprint density at radius 1 is 1.25 bits per heavy atom. The Hall–Kier alpha value is -0.0582. The van der Waals surface area contributed by atoms with Crippen molar-refractivity contribution in [2.75, 3.05) is 13.2 Å². The zero-order valence-electron chi connectivity index (χ0n) is 8.17. The maximum absolute atomic E-state index is 5.31. The Kier molecular flexibility index (Phi) is 3.56. The van der Waals surface area contributed by atoms with Gasteiger partial charge in [-0.3, -0.25) is 0 Å². The molecule has 1 rings (SSSR count). The average molecular weight is 184 g/mol. The van der Waals surface area contributed by atoms with Gasteiger partial charge in [0.05, 0.1) is 21.3 Å². The SMILES string of the molecule is C[Si](C)(C)C=CCB1OCCO1. The summed E-state index contributed by atoms with van der Waals surface area (Å²) in [7, 11) is -0.995. The van der Waals surface area contributed by atoms with Crippen molar-refractivity contribution in [3.63, 3.8) is 0 Å². The van der Waals surface area contributed by atoms with Gasteiger partial charge in [-0.1, -0.05) is 31.4 Å². The van der Waals surface area contributed by atoms with Gasteiger partial charge in [0.25, 0.3) is 0 Å². The molecule has 0 atom stereocenters. The third kappa shape index (κ3) is 4.09. The molecule has 0 spiro atoms. The van der Waals surface area contributed by atoms with E-state index in [0.717, 1.165) is 19.5 Å². The highest BCUT2D eigenvalue weighted by atomic mass is 28.3.